The van der Waals surface area contributed by atoms with Gasteiger partial charge < -0.3 is 19.5 Å². The van der Waals surface area contributed by atoms with Crippen molar-refractivity contribution in [1.29, 1.82) is 0 Å². The van der Waals surface area contributed by atoms with Crippen LogP contribution < -0.4 is 14.8 Å². The third-order valence-corrected chi connectivity index (χ3v) is 3.86. The van der Waals surface area contributed by atoms with Crippen molar-refractivity contribution in [2.75, 3.05) is 20.3 Å². The number of ether oxygens (including phenoxy) is 3. The molecule has 0 heterocycles. The van der Waals surface area contributed by atoms with Crippen molar-refractivity contribution in [3.05, 3.63) is 72.3 Å². The van der Waals surface area contributed by atoms with Crippen LogP contribution >= 0.6 is 0 Å². The average molecular weight is 397 g/mol. The highest BCUT2D eigenvalue weighted by Gasteiger charge is 2.10. The Balaban J connectivity index is 1.77. The zero-order valence-corrected chi connectivity index (χ0v) is 16.2. The highest BCUT2D eigenvalue weighted by Crippen LogP contribution is 2.17. The molecule has 7 nitrogen and oxygen atoms in total. The molecule has 1 amide bonds. The maximum atomic E-state index is 12.2. The van der Waals surface area contributed by atoms with Crippen LogP contribution in [0.3, 0.4) is 0 Å². The van der Waals surface area contributed by atoms with Crippen LogP contribution in [0.15, 0.2) is 61.2 Å². The Morgan fingerprint density at radius 1 is 0.897 bits per heavy atom. The first kappa shape index (κ1) is 21.7. The molecular weight excluding hydrogens is 374 g/mol. The number of esters is 2. The topological polar surface area (TPSA) is 90.9 Å². The molecule has 0 unspecified atom stereocenters. The highest BCUT2D eigenvalue weighted by molar-refractivity contribution is 5.94. The van der Waals surface area contributed by atoms with Gasteiger partial charge in [0.15, 0.2) is 0 Å². The second kappa shape index (κ2) is 11.3. The lowest BCUT2D eigenvalue weighted by atomic mass is 10.2. The molecule has 0 spiro atoms. The van der Waals surface area contributed by atoms with Gasteiger partial charge in [0.25, 0.3) is 5.91 Å². The van der Waals surface area contributed by atoms with Crippen LogP contribution in [0, 0.1) is 0 Å². The Morgan fingerprint density at radius 3 is 2.10 bits per heavy atom. The Morgan fingerprint density at radius 2 is 1.48 bits per heavy atom. The number of nitrogens with one attached hydrogen (secondary N) is 1. The minimum atomic E-state index is -0.506. The van der Waals surface area contributed by atoms with E-state index < -0.39 is 11.9 Å². The Hall–Kier alpha value is -3.61. The summed E-state index contributed by atoms with van der Waals surface area (Å²) in [5.74, 6) is -0.181. The van der Waals surface area contributed by atoms with Crippen LogP contribution in [0.5, 0.6) is 11.5 Å². The van der Waals surface area contributed by atoms with Gasteiger partial charge in [-0.3, -0.25) is 4.79 Å². The molecule has 0 bridgehead atoms. The molecule has 29 heavy (non-hydrogen) atoms. The number of hydrogen-bond acceptors (Lipinski definition) is 6. The first-order chi connectivity index (χ1) is 14.0. The van der Waals surface area contributed by atoms with Gasteiger partial charge in [0, 0.05) is 18.7 Å². The molecule has 0 saturated carbocycles. The average Bonchev–Trinajstić information content (AvgIpc) is 2.76. The summed E-state index contributed by atoms with van der Waals surface area (Å²) < 4.78 is 15.8. The van der Waals surface area contributed by atoms with Crippen LogP contribution in [0.1, 0.15) is 33.6 Å². The number of unbranched alkanes of at least 4 members (excludes halogenated alkanes) is 1. The molecule has 0 aromatic heterocycles. The maximum Gasteiger partial charge on any atom is 0.343 e. The van der Waals surface area contributed by atoms with Gasteiger partial charge in [-0.1, -0.05) is 6.58 Å². The molecule has 0 saturated heterocycles. The van der Waals surface area contributed by atoms with E-state index in [1.54, 1.807) is 55.6 Å². The van der Waals surface area contributed by atoms with Gasteiger partial charge in [-0.05, 0) is 61.4 Å². The molecule has 1 N–H and O–H groups in total. The van der Waals surface area contributed by atoms with Crippen molar-refractivity contribution in [3.63, 3.8) is 0 Å². The minimum Gasteiger partial charge on any atom is -0.494 e. The quantitative estimate of drug-likeness (QED) is 0.287. The molecule has 0 atom stereocenters. The predicted octanol–water partition coefficient (Wildman–Crippen LogP) is 3.15. The summed E-state index contributed by atoms with van der Waals surface area (Å²) in [4.78, 5) is 34.6. The van der Waals surface area contributed by atoms with E-state index >= 15 is 0 Å². The number of benzene rings is 2. The van der Waals surface area contributed by atoms with Crippen LogP contribution in [-0.2, 0) is 9.53 Å². The van der Waals surface area contributed by atoms with Gasteiger partial charge in [0.05, 0.1) is 18.8 Å². The van der Waals surface area contributed by atoms with E-state index in [4.69, 9.17) is 14.2 Å². The molecule has 2 aromatic rings. The van der Waals surface area contributed by atoms with E-state index in [1.165, 1.54) is 0 Å². The molecule has 2 rings (SSSR count). The second-order valence-electron chi connectivity index (χ2n) is 5.94. The molecule has 152 valence electrons. The Labute approximate surface area is 169 Å². The van der Waals surface area contributed by atoms with Crippen LogP contribution in [0.4, 0.5) is 0 Å². The standard InChI is InChI=1S/C22H23NO6/c1-3-20(24)28-15-5-4-14-27-18-10-8-17(9-11-18)22(26)29-19-12-6-16(7-13-19)21(25)23-2/h3,6-13H,1,4-5,14-15H2,2H3,(H,23,25). The second-order valence-corrected chi connectivity index (χ2v) is 5.94. The van der Waals surface area contributed by atoms with Crippen LogP contribution in [0.2, 0.25) is 0 Å². The monoisotopic (exact) mass is 397 g/mol. The molecular formula is C22H23NO6. The van der Waals surface area contributed by atoms with Gasteiger partial charge >= 0.3 is 11.9 Å². The van der Waals surface area contributed by atoms with Gasteiger partial charge in [0.2, 0.25) is 0 Å². The number of carbonyl (C=O) groups is 3. The molecule has 0 radical (unpaired) electrons. The summed E-state index contributed by atoms with van der Waals surface area (Å²) in [7, 11) is 1.55. The first-order valence-electron chi connectivity index (χ1n) is 9.10. The number of rotatable bonds is 10. The van der Waals surface area contributed by atoms with Crippen molar-refractivity contribution in [3.8, 4) is 11.5 Å². The first-order valence-corrected chi connectivity index (χ1v) is 9.10. The van der Waals surface area contributed by atoms with Gasteiger partial charge in [0.1, 0.15) is 11.5 Å². The fraction of sp³-hybridized carbons (Fsp3) is 0.227. The molecule has 2 aromatic carbocycles. The lowest BCUT2D eigenvalue weighted by Crippen LogP contribution is -2.17. The third-order valence-electron chi connectivity index (χ3n) is 3.86. The molecule has 0 aliphatic rings. The summed E-state index contributed by atoms with van der Waals surface area (Å²) in [6, 6.07) is 12.9. The summed E-state index contributed by atoms with van der Waals surface area (Å²) in [5, 5.41) is 2.52. The summed E-state index contributed by atoms with van der Waals surface area (Å²) in [6.07, 6.45) is 2.53. The van der Waals surface area contributed by atoms with Crippen molar-refractivity contribution < 1.29 is 28.6 Å². The Kier molecular flexibility index (Phi) is 8.44. The largest absolute Gasteiger partial charge is 0.494 e. The van der Waals surface area contributed by atoms with E-state index in [0.717, 1.165) is 12.5 Å². The highest BCUT2D eigenvalue weighted by atomic mass is 16.5. The lowest BCUT2D eigenvalue weighted by Gasteiger charge is -2.08. The smallest absolute Gasteiger partial charge is 0.343 e. The van der Waals surface area contributed by atoms with Crippen molar-refractivity contribution in [2.24, 2.45) is 0 Å². The normalized spacial score (nSPS) is 9.97. The summed E-state index contributed by atoms with van der Waals surface area (Å²) in [5.41, 5.74) is 0.858. The predicted molar refractivity (Wildman–Crippen MR) is 107 cm³/mol. The van der Waals surface area contributed by atoms with Crippen molar-refractivity contribution in [2.45, 2.75) is 12.8 Å². The molecule has 0 fully saturated rings. The van der Waals surface area contributed by atoms with Crippen molar-refractivity contribution in [1.82, 2.24) is 5.32 Å². The summed E-state index contributed by atoms with van der Waals surface area (Å²) >= 11 is 0. The molecule has 7 heteroatoms. The van der Waals surface area contributed by atoms with Crippen LogP contribution in [0.25, 0.3) is 0 Å². The fourth-order valence-corrected chi connectivity index (χ4v) is 2.30. The van der Waals surface area contributed by atoms with Gasteiger partial charge in [-0.15, -0.1) is 0 Å². The van der Waals surface area contributed by atoms with E-state index in [-0.39, 0.29) is 5.91 Å². The zero-order valence-electron chi connectivity index (χ0n) is 16.2. The van der Waals surface area contributed by atoms with Gasteiger partial charge in [-0.25, -0.2) is 9.59 Å². The van der Waals surface area contributed by atoms with E-state index in [2.05, 4.69) is 11.9 Å². The van der Waals surface area contributed by atoms with E-state index in [0.29, 0.717) is 42.3 Å². The number of amides is 1. The third kappa shape index (κ3) is 7.14. The zero-order chi connectivity index (χ0) is 21.1. The van der Waals surface area contributed by atoms with E-state index in [1.807, 2.05) is 0 Å². The minimum absolute atomic E-state index is 0.212. The Bertz CT molecular complexity index is 843. The molecule has 0 aliphatic carbocycles. The SMILES string of the molecule is C=CC(=O)OCCCCOc1ccc(C(=O)Oc2ccc(C(=O)NC)cc2)cc1. The number of hydrogen-bond donors (Lipinski definition) is 1. The van der Waals surface area contributed by atoms with Crippen LogP contribution in [-0.4, -0.2) is 38.1 Å². The van der Waals surface area contributed by atoms with Crippen molar-refractivity contribution >= 4 is 17.8 Å². The maximum absolute atomic E-state index is 12.2. The summed E-state index contributed by atoms with van der Waals surface area (Å²) in [6.45, 7) is 4.11. The van der Waals surface area contributed by atoms with E-state index in [9.17, 15) is 14.4 Å². The lowest BCUT2D eigenvalue weighted by molar-refractivity contribution is -0.137. The van der Waals surface area contributed by atoms with Gasteiger partial charge in [-0.2, -0.15) is 0 Å². The number of carbonyl (C=O) groups excluding carboxylic acids is 3. The fourth-order valence-electron chi connectivity index (χ4n) is 2.30. The molecule has 0 aliphatic heterocycles.